The minimum Gasteiger partial charge on any atom is -0.496 e. The van der Waals surface area contributed by atoms with Gasteiger partial charge in [0.15, 0.2) is 5.89 Å². The highest BCUT2D eigenvalue weighted by molar-refractivity contribution is 5.94. The number of amides is 1. The average Bonchev–Trinajstić information content (AvgIpc) is 3.11. The van der Waals surface area contributed by atoms with Crippen LogP contribution < -0.4 is 4.74 Å². The summed E-state index contributed by atoms with van der Waals surface area (Å²) in [5.41, 5.74) is 2.54. The van der Waals surface area contributed by atoms with Gasteiger partial charge in [0.25, 0.3) is 5.91 Å². The third kappa shape index (κ3) is 3.21. The molecule has 6 heteroatoms. The Labute approximate surface area is 153 Å². The van der Waals surface area contributed by atoms with E-state index in [0.717, 1.165) is 54.7 Å². The van der Waals surface area contributed by atoms with Crippen LogP contribution in [0, 0.1) is 6.92 Å². The molecule has 1 aromatic heterocycles. The van der Waals surface area contributed by atoms with Gasteiger partial charge < -0.3 is 18.8 Å². The highest BCUT2D eigenvalue weighted by Crippen LogP contribution is 2.30. The van der Waals surface area contributed by atoms with Gasteiger partial charge in [0.2, 0.25) is 0 Å². The average molecular weight is 356 g/mol. The van der Waals surface area contributed by atoms with Crippen molar-refractivity contribution in [3.05, 3.63) is 46.7 Å². The van der Waals surface area contributed by atoms with Gasteiger partial charge in [-0.25, -0.2) is 4.98 Å². The molecule has 0 bridgehead atoms. The molecule has 1 aromatic carbocycles. The molecule has 1 saturated heterocycles. The summed E-state index contributed by atoms with van der Waals surface area (Å²) in [6.45, 7) is 4.63. The molecule has 0 radical (unpaired) electrons. The number of methoxy groups -OCH3 is 1. The van der Waals surface area contributed by atoms with Crippen LogP contribution >= 0.6 is 0 Å². The third-order valence-electron chi connectivity index (χ3n) is 5.24. The lowest BCUT2D eigenvalue weighted by molar-refractivity contribution is 0.0725. The molecule has 0 spiro atoms. The van der Waals surface area contributed by atoms with Crippen molar-refractivity contribution in [1.82, 2.24) is 9.88 Å². The molecule has 0 unspecified atom stereocenters. The van der Waals surface area contributed by atoms with Crippen molar-refractivity contribution in [2.24, 2.45) is 0 Å². The zero-order chi connectivity index (χ0) is 18.1. The van der Waals surface area contributed by atoms with Gasteiger partial charge >= 0.3 is 0 Å². The SMILES string of the molecule is COc1ccc(C(=O)N2CCc3oc(C4CCOCC4)nc3C2)cc1C. The van der Waals surface area contributed by atoms with E-state index in [1.165, 1.54) is 0 Å². The van der Waals surface area contributed by atoms with E-state index in [1.807, 2.05) is 30.0 Å². The Kier molecular flexibility index (Phi) is 4.68. The van der Waals surface area contributed by atoms with E-state index in [1.54, 1.807) is 7.11 Å². The smallest absolute Gasteiger partial charge is 0.254 e. The summed E-state index contributed by atoms with van der Waals surface area (Å²) in [7, 11) is 1.64. The summed E-state index contributed by atoms with van der Waals surface area (Å²) < 4.78 is 16.7. The Balaban J connectivity index is 1.50. The van der Waals surface area contributed by atoms with Crippen molar-refractivity contribution in [1.29, 1.82) is 0 Å². The van der Waals surface area contributed by atoms with Crippen molar-refractivity contribution in [2.45, 2.75) is 38.6 Å². The molecule has 2 aromatic rings. The maximum atomic E-state index is 12.9. The summed E-state index contributed by atoms with van der Waals surface area (Å²) in [4.78, 5) is 19.4. The minimum atomic E-state index is 0.0250. The molecule has 138 valence electrons. The van der Waals surface area contributed by atoms with E-state index in [2.05, 4.69) is 0 Å². The number of carbonyl (C=O) groups excluding carboxylic acids is 1. The molecule has 1 fully saturated rings. The van der Waals surface area contributed by atoms with Gasteiger partial charge in [0.05, 0.1) is 13.7 Å². The first-order valence-electron chi connectivity index (χ1n) is 9.16. The number of benzene rings is 1. The number of nitrogens with zero attached hydrogens (tertiary/aromatic N) is 2. The number of carbonyl (C=O) groups is 1. The Bertz CT molecular complexity index is 808. The molecule has 0 atom stereocenters. The van der Waals surface area contributed by atoms with Gasteiger partial charge in [0, 0.05) is 37.7 Å². The molecular formula is C20H24N2O4. The minimum absolute atomic E-state index is 0.0250. The van der Waals surface area contributed by atoms with Crippen molar-refractivity contribution in [3.8, 4) is 5.75 Å². The number of rotatable bonds is 3. The Morgan fingerprint density at radius 2 is 2.12 bits per heavy atom. The predicted molar refractivity (Wildman–Crippen MR) is 95.5 cm³/mol. The first-order chi connectivity index (χ1) is 12.7. The molecule has 3 heterocycles. The fourth-order valence-electron chi connectivity index (χ4n) is 3.71. The van der Waals surface area contributed by atoms with Crippen molar-refractivity contribution in [2.75, 3.05) is 26.9 Å². The van der Waals surface area contributed by atoms with Crippen LogP contribution in [0.4, 0.5) is 0 Å². The zero-order valence-electron chi connectivity index (χ0n) is 15.3. The monoisotopic (exact) mass is 356 g/mol. The summed E-state index contributed by atoms with van der Waals surface area (Å²) in [6.07, 6.45) is 2.62. The lowest BCUT2D eigenvalue weighted by atomic mass is 10.0. The third-order valence-corrected chi connectivity index (χ3v) is 5.24. The summed E-state index contributed by atoms with van der Waals surface area (Å²) >= 11 is 0. The quantitative estimate of drug-likeness (QED) is 0.846. The van der Waals surface area contributed by atoms with E-state index >= 15 is 0 Å². The van der Waals surface area contributed by atoms with Crippen LogP contribution in [0.15, 0.2) is 22.6 Å². The molecule has 4 rings (SSSR count). The molecule has 6 nitrogen and oxygen atoms in total. The van der Waals surface area contributed by atoms with Crippen molar-refractivity contribution < 1.29 is 18.7 Å². The van der Waals surface area contributed by atoms with Gasteiger partial charge in [-0.2, -0.15) is 0 Å². The van der Waals surface area contributed by atoms with Crippen LogP contribution in [0.25, 0.3) is 0 Å². The van der Waals surface area contributed by atoms with Gasteiger partial charge in [-0.15, -0.1) is 0 Å². The van der Waals surface area contributed by atoms with Gasteiger partial charge in [-0.1, -0.05) is 0 Å². The van der Waals surface area contributed by atoms with Gasteiger partial charge in [0.1, 0.15) is 17.2 Å². The second-order valence-electron chi connectivity index (χ2n) is 6.97. The second-order valence-corrected chi connectivity index (χ2v) is 6.97. The second kappa shape index (κ2) is 7.11. The molecule has 0 saturated carbocycles. The fraction of sp³-hybridized carbons (Fsp3) is 0.500. The molecule has 1 amide bonds. The van der Waals surface area contributed by atoms with Crippen LogP contribution in [0.1, 0.15) is 52.0 Å². The zero-order valence-corrected chi connectivity index (χ0v) is 15.3. The lowest BCUT2D eigenvalue weighted by Gasteiger charge is -2.25. The van der Waals surface area contributed by atoms with Crippen molar-refractivity contribution >= 4 is 5.91 Å². The number of fused-ring (bicyclic) bond motifs is 1. The number of oxazole rings is 1. The molecule has 0 N–H and O–H groups in total. The van der Waals surface area contributed by atoms with Gasteiger partial charge in [-0.05, 0) is 43.5 Å². The first kappa shape index (κ1) is 17.1. The first-order valence-corrected chi connectivity index (χ1v) is 9.16. The topological polar surface area (TPSA) is 64.8 Å². The summed E-state index contributed by atoms with van der Waals surface area (Å²) in [6, 6.07) is 5.55. The van der Waals surface area contributed by atoms with Crippen LogP contribution in [0.3, 0.4) is 0 Å². The van der Waals surface area contributed by atoms with E-state index < -0.39 is 0 Å². The Morgan fingerprint density at radius 3 is 2.85 bits per heavy atom. The molecular weight excluding hydrogens is 332 g/mol. The van der Waals surface area contributed by atoms with Crippen molar-refractivity contribution in [3.63, 3.8) is 0 Å². The van der Waals surface area contributed by atoms with Crippen LogP contribution in [-0.2, 0) is 17.7 Å². The number of aryl methyl sites for hydroxylation is 1. The molecule has 26 heavy (non-hydrogen) atoms. The van der Waals surface area contributed by atoms with Gasteiger partial charge in [-0.3, -0.25) is 4.79 Å². The fourth-order valence-corrected chi connectivity index (χ4v) is 3.71. The maximum Gasteiger partial charge on any atom is 0.254 e. The van der Waals surface area contributed by atoms with E-state index in [-0.39, 0.29) is 5.91 Å². The highest BCUT2D eigenvalue weighted by atomic mass is 16.5. The Hall–Kier alpha value is -2.34. The molecule has 0 aliphatic carbocycles. The number of hydrogen-bond acceptors (Lipinski definition) is 5. The van der Waals surface area contributed by atoms with E-state index in [4.69, 9.17) is 18.9 Å². The van der Waals surface area contributed by atoms with E-state index in [9.17, 15) is 4.79 Å². The number of ether oxygens (including phenoxy) is 2. The maximum absolute atomic E-state index is 12.9. The van der Waals surface area contributed by atoms with E-state index in [0.29, 0.717) is 31.0 Å². The van der Waals surface area contributed by atoms with Crippen LogP contribution in [0.5, 0.6) is 5.75 Å². The normalized spacial score (nSPS) is 17.8. The summed E-state index contributed by atoms with van der Waals surface area (Å²) in [5, 5.41) is 0. The predicted octanol–water partition coefficient (Wildman–Crippen LogP) is 3.08. The number of aromatic nitrogens is 1. The van der Waals surface area contributed by atoms with Crippen LogP contribution in [-0.4, -0.2) is 42.7 Å². The molecule has 2 aliphatic heterocycles. The number of hydrogen-bond donors (Lipinski definition) is 0. The molecule has 2 aliphatic rings. The highest BCUT2D eigenvalue weighted by Gasteiger charge is 2.29. The Morgan fingerprint density at radius 1 is 1.31 bits per heavy atom. The largest absolute Gasteiger partial charge is 0.496 e. The standard InChI is InChI=1S/C20H24N2O4/c1-13-11-15(3-4-17(13)24-2)20(23)22-8-5-18-16(12-22)21-19(26-18)14-6-9-25-10-7-14/h3-4,11,14H,5-10,12H2,1-2H3. The summed E-state index contributed by atoms with van der Waals surface area (Å²) in [5.74, 6) is 2.90. The van der Waals surface area contributed by atoms with Crippen LogP contribution in [0.2, 0.25) is 0 Å². The lowest BCUT2D eigenvalue weighted by Crippen LogP contribution is -2.35.